The van der Waals surface area contributed by atoms with Crippen molar-refractivity contribution >= 4 is 101 Å². The Morgan fingerprint density at radius 3 is 2.07 bits per heavy atom. The van der Waals surface area contributed by atoms with Crippen molar-refractivity contribution in [3.05, 3.63) is 84.9 Å². The fourth-order valence-corrected chi connectivity index (χ4v) is 9.57. The average molecular weight is 881 g/mol. The minimum absolute atomic E-state index is 0.0592. The highest BCUT2D eigenvalue weighted by Gasteiger charge is 2.27. The third-order valence-corrected chi connectivity index (χ3v) is 13.5. The number of rotatable bonds is 15. The molecule has 310 valence electrons. The van der Waals surface area contributed by atoms with E-state index in [1.807, 2.05) is 37.3 Å². The Balaban J connectivity index is 1.56. The van der Waals surface area contributed by atoms with Gasteiger partial charge >= 0.3 is 0 Å². The van der Waals surface area contributed by atoms with Gasteiger partial charge in [-0.05, 0) is 60.5 Å². The van der Waals surface area contributed by atoms with Crippen LogP contribution in [0.2, 0.25) is 25.7 Å². The van der Waals surface area contributed by atoms with Crippen LogP contribution in [0.5, 0.6) is 5.75 Å². The van der Waals surface area contributed by atoms with Gasteiger partial charge in [0.05, 0.1) is 10.6 Å². The van der Waals surface area contributed by atoms with Crippen molar-refractivity contribution in [1.29, 1.82) is 0 Å². The molecule has 0 aliphatic rings. The SMILES string of the molecule is CCN(c1ccccc1)c1nc(NCCC[Si](C)(C)C)nc(Nc2cc(S(=O)(=O)O)cc3cc(S(=O)(=O)O)c(/N=N/c4ccc5ccccc5c4S(=O)(=O)O)c(O)c23)n1. The van der Waals surface area contributed by atoms with Gasteiger partial charge in [0, 0.05) is 37.6 Å². The van der Waals surface area contributed by atoms with E-state index >= 15 is 0 Å². The Kier molecular flexibility index (Phi) is 12.1. The second-order valence-electron chi connectivity index (χ2n) is 14.5. The molecular weight excluding hydrogens is 841 g/mol. The number of phenols is 1. The van der Waals surface area contributed by atoms with Gasteiger partial charge in [-0.1, -0.05) is 74.2 Å². The van der Waals surface area contributed by atoms with E-state index in [0.29, 0.717) is 18.5 Å². The Bertz CT molecular complexity index is 2950. The molecule has 6 rings (SSSR count). The molecule has 0 aliphatic carbocycles. The van der Waals surface area contributed by atoms with E-state index in [2.05, 4.69) is 55.5 Å². The van der Waals surface area contributed by atoms with Gasteiger partial charge in [-0.25, -0.2) is 0 Å². The van der Waals surface area contributed by atoms with Crippen LogP contribution in [0, 0.1) is 0 Å². The number of hydrogen-bond acceptors (Lipinski definition) is 15. The fraction of sp³-hybridized carbons (Fsp3) is 0.216. The zero-order valence-corrected chi connectivity index (χ0v) is 35.5. The van der Waals surface area contributed by atoms with Crippen molar-refractivity contribution in [2.24, 2.45) is 10.2 Å². The lowest BCUT2D eigenvalue weighted by atomic mass is 10.1. The molecule has 6 N–H and O–H groups in total. The molecule has 0 spiro atoms. The first-order valence-electron chi connectivity index (χ1n) is 17.9. The zero-order valence-electron chi connectivity index (χ0n) is 32.1. The van der Waals surface area contributed by atoms with Gasteiger partial charge < -0.3 is 20.6 Å². The van der Waals surface area contributed by atoms with Gasteiger partial charge in [-0.2, -0.15) is 40.2 Å². The first-order chi connectivity index (χ1) is 27.6. The molecule has 0 aliphatic heterocycles. The topological polar surface area (TPSA) is 274 Å². The highest BCUT2D eigenvalue weighted by molar-refractivity contribution is 7.86. The van der Waals surface area contributed by atoms with E-state index in [9.17, 15) is 44.0 Å². The van der Waals surface area contributed by atoms with Crippen LogP contribution < -0.4 is 15.5 Å². The molecule has 0 amide bonds. The van der Waals surface area contributed by atoms with Crippen LogP contribution in [0.3, 0.4) is 0 Å². The van der Waals surface area contributed by atoms with Gasteiger partial charge in [-0.3, -0.25) is 13.7 Å². The summed E-state index contributed by atoms with van der Waals surface area (Å²) in [7, 11) is -16.6. The monoisotopic (exact) mass is 880 g/mol. The highest BCUT2D eigenvalue weighted by Crippen LogP contribution is 2.46. The van der Waals surface area contributed by atoms with Crippen LogP contribution in [0.1, 0.15) is 13.3 Å². The number of anilines is 5. The number of phenolic OH excluding ortho intramolecular Hbond substituents is 1. The number of nitrogens with one attached hydrogen (secondary N) is 2. The summed E-state index contributed by atoms with van der Waals surface area (Å²) in [6.45, 7) is 9.56. The minimum atomic E-state index is -5.27. The number of aromatic nitrogens is 3. The molecule has 18 nitrogen and oxygen atoms in total. The standard InChI is InChI=1S/C37H40N8O10S3Si/c1-5-45(25-13-7-6-8-14-25)37-41-35(38-18-11-19-59(2,3)4)40-36(42-37)39-29-22-26(56(47,48)49)20-24-21-30(57(50,51)52)32(33(46)31(24)29)44-43-28-17-16-23-12-9-10-15-27(23)34(28)58(53,54)55/h6-10,12-17,20-22,46H,5,11,18-19H2,1-4H3,(H,47,48,49)(H,50,51,52)(H,53,54,55)(H2,38,39,40,41,42)/b44-43+. The molecule has 22 heteroatoms. The number of fused-ring (bicyclic) bond motifs is 2. The Morgan fingerprint density at radius 2 is 1.42 bits per heavy atom. The van der Waals surface area contributed by atoms with Crippen LogP contribution in [-0.4, -0.2) is 80.1 Å². The summed E-state index contributed by atoms with van der Waals surface area (Å²) in [6, 6.07) is 21.6. The smallest absolute Gasteiger partial charge is 0.297 e. The Hall–Kier alpha value is -5.62. The van der Waals surface area contributed by atoms with E-state index in [1.54, 1.807) is 17.0 Å². The van der Waals surface area contributed by atoms with Crippen molar-refractivity contribution in [2.45, 2.75) is 53.7 Å². The molecule has 0 atom stereocenters. The molecule has 5 aromatic carbocycles. The fourth-order valence-electron chi connectivity index (χ4n) is 6.29. The lowest BCUT2D eigenvalue weighted by Gasteiger charge is -2.22. The predicted molar refractivity (Wildman–Crippen MR) is 227 cm³/mol. The van der Waals surface area contributed by atoms with E-state index in [1.165, 1.54) is 24.3 Å². The largest absolute Gasteiger partial charge is 0.505 e. The van der Waals surface area contributed by atoms with Crippen LogP contribution in [-0.2, 0) is 30.4 Å². The summed E-state index contributed by atoms with van der Waals surface area (Å²) in [5, 5.41) is 25.5. The third-order valence-electron chi connectivity index (χ3n) is 8.96. The van der Waals surface area contributed by atoms with Crippen molar-refractivity contribution in [2.75, 3.05) is 28.6 Å². The maximum absolute atomic E-state index is 12.8. The number of hydrogen-bond donors (Lipinski definition) is 6. The molecule has 0 radical (unpaired) electrons. The van der Waals surface area contributed by atoms with Gasteiger partial charge in [-0.15, -0.1) is 10.2 Å². The van der Waals surface area contributed by atoms with Crippen molar-refractivity contribution in [3.8, 4) is 5.75 Å². The van der Waals surface area contributed by atoms with Crippen LogP contribution in [0.4, 0.5) is 40.6 Å². The van der Waals surface area contributed by atoms with Gasteiger partial charge in [0.1, 0.15) is 21.2 Å². The number of para-hydroxylation sites is 1. The third kappa shape index (κ3) is 9.99. The quantitative estimate of drug-likeness (QED) is 0.0246. The van der Waals surface area contributed by atoms with Crippen LogP contribution >= 0.6 is 0 Å². The summed E-state index contributed by atoms with van der Waals surface area (Å²) >= 11 is 0. The molecule has 6 aromatic rings. The van der Waals surface area contributed by atoms with Crippen LogP contribution in [0.15, 0.2) is 110 Å². The second kappa shape index (κ2) is 16.6. The number of nitrogens with zero attached hydrogens (tertiary/aromatic N) is 6. The predicted octanol–water partition coefficient (Wildman–Crippen LogP) is 8.08. The lowest BCUT2D eigenvalue weighted by molar-refractivity contribution is 0.472. The molecular formula is C37H40N8O10S3Si. The molecule has 0 saturated carbocycles. The molecule has 0 unspecified atom stereocenters. The summed E-state index contributed by atoms with van der Waals surface area (Å²) in [5.41, 5.74) is -0.877. The second-order valence-corrected chi connectivity index (χ2v) is 24.3. The lowest BCUT2D eigenvalue weighted by Crippen LogP contribution is -2.22. The zero-order chi connectivity index (χ0) is 42.9. The number of azo groups is 1. The summed E-state index contributed by atoms with van der Waals surface area (Å²) in [5.74, 6) is -0.816. The van der Waals surface area contributed by atoms with Crippen molar-refractivity contribution in [1.82, 2.24) is 15.0 Å². The molecule has 1 aromatic heterocycles. The minimum Gasteiger partial charge on any atom is -0.505 e. The van der Waals surface area contributed by atoms with E-state index in [0.717, 1.165) is 36.4 Å². The normalized spacial score (nSPS) is 12.7. The molecule has 1 heterocycles. The number of aromatic hydroxyl groups is 1. The molecule has 0 fully saturated rings. The molecule has 59 heavy (non-hydrogen) atoms. The van der Waals surface area contributed by atoms with E-state index in [4.69, 9.17) is 0 Å². The van der Waals surface area contributed by atoms with E-state index < -0.39 is 70.2 Å². The van der Waals surface area contributed by atoms with Gasteiger partial charge in [0.25, 0.3) is 30.4 Å². The Labute approximate surface area is 341 Å². The van der Waals surface area contributed by atoms with Gasteiger partial charge in [0.15, 0.2) is 5.75 Å². The first-order valence-corrected chi connectivity index (χ1v) is 26.0. The van der Waals surface area contributed by atoms with Crippen molar-refractivity contribution < 1.29 is 44.0 Å². The number of benzene rings is 5. The van der Waals surface area contributed by atoms with Gasteiger partial charge in [0.2, 0.25) is 17.8 Å². The highest BCUT2D eigenvalue weighted by atomic mass is 32.2. The summed E-state index contributed by atoms with van der Waals surface area (Å²) in [4.78, 5) is 13.1. The maximum Gasteiger partial charge on any atom is 0.297 e. The molecule has 0 saturated heterocycles. The van der Waals surface area contributed by atoms with Crippen molar-refractivity contribution in [3.63, 3.8) is 0 Å². The summed E-state index contributed by atoms with van der Waals surface area (Å²) < 4.78 is 106. The average Bonchev–Trinajstić information content (AvgIpc) is 3.14. The molecule has 0 bridgehead atoms. The van der Waals surface area contributed by atoms with Crippen LogP contribution in [0.25, 0.3) is 21.5 Å². The van der Waals surface area contributed by atoms with E-state index in [-0.39, 0.29) is 39.7 Å². The Morgan fingerprint density at radius 1 is 0.746 bits per heavy atom. The summed E-state index contributed by atoms with van der Waals surface area (Å²) in [6.07, 6.45) is 0.822. The maximum atomic E-state index is 12.8. The first kappa shape index (κ1) is 43.0.